The Morgan fingerprint density at radius 2 is 2.00 bits per heavy atom. The third-order valence-electron chi connectivity index (χ3n) is 3.13. The highest BCUT2D eigenvalue weighted by Crippen LogP contribution is 2.29. The van der Waals surface area contributed by atoms with Crippen LogP contribution in [0.4, 0.5) is 0 Å². The van der Waals surface area contributed by atoms with Crippen LogP contribution in [0.3, 0.4) is 0 Å². The van der Waals surface area contributed by atoms with Crippen molar-refractivity contribution in [2.75, 3.05) is 7.11 Å². The van der Waals surface area contributed by atoms with Gasteiger partial charge in [-0.2, -0.15) is 0 Å². The van der Waals surface area contributed by atoms with Gasteiger partial charge in [0.05, 0.1) is 18.0 Å². The van der Waals surface area contributed by atoms with Gasteiger partial charge in [-0.1, -0.05) is 24.3 Å². The Kier molecular flexibility index (Phi) is 5.51. The predicted octanol–water partition coefficient (Wildman–Crippen LogP) is 1.89. The van der Waals surface area contributed by atoms with Crippen LogP contribution < -0.4 is 14.6 Å². The number of aromatic carboxylic acids is 1. The SMILES string of the molecule is COc1cc(/C=C/[N+](=O)[O-])ccc1OCc1cccc(C(=O)[O-])c1. The monoisotopic (exact) mass is 328 g/mol. The number of hydrogen-bond donors (Lipinski definition) is 0. The number of hydrogen-bond acceptors (Lipinski definition) is 6. The summed E-state index contributed by atoms with van der Waals surface area (Å²) in [5.41, 5.74) is 1.33. The molecule has 0 aliphatic rings. The van der Waals surface area contributed by atoms with Crippen molar-refractivity contribution in [3.63, 3.8) is 0 Å². The smallest absolute Gasteiger partial charge is 0.235 e. The first-order valence-corrected chi connectivity index (χ1v) is 6.92. The average Bonchev–Trinajstić information content (AvgIpc) is 2.58. The average molecular weight is 328 g/mol. The minimum Gasteiger partial charge on any atom is -0.545 e. The number of benzene rings is 2. The van der Waals surface area contributed by atoms with Gasteiger partial charge in [-0.15, -0.1) is 0 Å². The first-order chi connectivity index (χ1) is 11.5. The second-order valence-corrected chi connectivity index (χ2v) is 4.79. The summed E-state index contributed by atoms with van der Waals surface area (Å²) >= 11 is 0. The summed E-state index contributed by atoms with van der Waals surface area (Å²) in [6.07, 6.45) is 2.18. The standard InChI is InChI=1S/C17H15NO6/c1-23-16-10-12(7-8-18(21)22)5-6-15(16)24-11-13-3-2-4-14(9-13)17(19)20/h2-10H,11H2,1H3,(H,19,20)/p-1/b8-7+. The summed E-state index contributed by atoms with van der Waals surface area (Å²) in [6.45, 7) is 0.140. The molecule has 0 spiro atoms. The number of carboxylic acids is 1. The largest absolute Gasteiger partial charge is 0.545 e. The Morgan fingerprint density at radius 3 is 2.67 bits per heavy atom. The number of carbonyl (C=O) groups excluding carboxylic acids is 1. The van der Waals surface area contributed by atoms with Gasteiger partial charge >= 0.3 is 0 Å². The molecule has 0 atom stereocenters. The summed E-state index contributed by atoms with van der Waals surface area (Å²) < 4.78 is 10.8. The van der Waals surface area contributed by atoms with Gasteiger partial charge < -0.3 is 19.4 Å². The fourth-order valence-electron chi connectivity index (χ4n) is 2.00. The van der Waals surface area contributed by atoms with Crippen LogP contribution in [0.2, 0.25) is 0 Å². The number of rotatable bonds is 7. The zero-order valence-electron chi connectivity index (χ0n) is 12.8. The van der Waals surface area contributed by atoms with E-state index in [0.717, 1.165) is 6.20 Å². The highest BCUT2D eigenvalue weighted by molar-refractivity contribution is 5.85. The molecule has 2 aromatic rings. The van der Waals surface area contributed by atoms with Crippen LogP contribution >= 0.6 is 0 Å². The molecule has 2 aromatic carbocycles. The Hall–Kier alpha value is -3.35. The molecule has 0 aliphatic carbocycles. The van der Waals surface area contributed by atoms with E-state index in [-0.39, 0.29) is 12.2 Å². The molecule has 2 rings (SSSR count). The summed E-state index contributed by atoms with van der Waals surface area (Å²) in [7, 11) is 1.46. The minimum absolute atomic E-state index is 0.0725. The van der Waals surface area contributed by atoms with Gasteiger partial charge in [0.15, 0.2) is 11.5 Å². The fraction of sp³-hybridized carbons (Fsp3) is 0.118. The van der Waals surface area contributed by atoms with Crippen molar-refractivity contribution in [3.05, 3.63) is 75.5 Å². The normalized spacial score (nSPS) is 10.5. The van der Waals surface area contributed by atoms with Crippen LogP contribution in [0.1, 0.15) is 21.5 Å². The van der Waals surface area contributed by atoms with Crippen LogP contribution in [0, 0.1) is 10.1 Å². The number of carboxylic acid groups (broad SMARTS) is 1. The molecule has 0 aromatic heterocycles. The highest BCUT2D eigenvalue weighted by atomic mass is 16.6. The van der Waals surface area contributed by atoms with Gasteiger partial charge in [-0.05, 0) is 34.9 Å². The first kappa shape index (κ1) is 17.0. The molecule has 0 saturated carbocycles. The van der Waals surface area contributed by atoms with Gasteiger partial charge in [-0.25, -0.2) is 0 Å². The third kappa shape index (κ3) is 4.57. The molecule has 0 bridgehead atoms. The lowest BCUT2D eigenvalue weighted by Gasteiger charge is -2.12. The van der Waals surface area contributed by atoms with Crippen molar-refractivity contribution in [1.82, 2.24) is 0 Å². The van der Waals surface area contributed by atoms with Crippen LogP contribution in [0.25, 0.3) is 6.08 Å². The fourth-order valence-corrected chi connectivity index (χ4v) is 2.00. The Balaban J connectivity index is 2.13. The van der Waals surface area contributed by atoms with Gasteiger partial charge in [0, 0.05) is 6.08 Å². The Bertz CT molecular complexity index is 784. The van der Waals surface area contributed by atoms with E-state index in [1.807, 2.05) is 0 Å². The molecule has 0 aliphatic heterocycles. The molecule has 0 fully saturated rings. The van der Waals surface area contributed by atoms with Gasteiger partial charge in [0.25, 0.3) is 0 Å². The van der Waals surface area contributed by atoms with E-state index in [2.05, 4.69) is 0 Å². The van der Waals surface area contributed by atoms with Crippen LogP contribution in [-0.2, 0) is 6.61 Å². The predicted molar refractivity (Wildman–Crippen MR) is 84.1 cm³/mol. The number of carbonyl (C=O) groups is 1. The van der Waals surface area contributed by atoms with E-state index in [1.165, 1.54) is 25.3 Å². The summed E-state index contributed by atoms with van der Waals surface area (Å²) in [6, 6.07) is 11.1. The quantitative estimate of drug-likeness (QED) is 0.568. The maximum absolute atomic E-state index is 10.8. The molecule has 0 unspecified atom stereocenters. The van der Waals surface area contributed by atoms with Crippen LogP contribution in [0.15, 0.2) is 48.7 Å². The van der Waals surface area contributed by atoms with E-state index < -0.39 is 10.9 Å². The summed E-state index contributed by atoms with van der Waals surface area (Å²) in [5, 5.41) is 21.2. The molecule has 0 saturated heterocycles. The molecule has 7 heteroatoms. The zero-order valence-corrected chi connectivity index (χ0v) is 12.8. The molecule has 24 heavy (non-hydrogen) atoms. The highest BCUT2D eigenvalue weighted by Gasteiger charge is 2.06. The molecular weight excluding hydrogens is 314 g/mol. The molecule has 7 nitrogen and oxygen atoms in total. The molecular formula is C17H14NO6-. The number of ether oxygens (including phenoxy) is 2. The lowest BCUT2D eigenvalue weighted by atomic mass is 10.1. The third-order valence-corrected chi connectivity index (χ3v) is 3.13. The van der Waals surface area contributed by atoms with Gasteiger partial charge in [0.1, 0.15) is 6.61 Å². The Morgan fingerprint density at radius 1 is 1.21 bits per heavy atom. The summed E-state index contributed by atoms with van der Waals surface area (Å²) in [4.78, 5) is 20.6. The van der Waals surface area contributed by atoms with E-state index in [0.29, 0.717) is 22.6 Å². The second kappa shape index (κ2) is 7.77. The maximum Gasteiger partial charge on any atom is 0.235 e. The topological polar surface area (TPSA) is 102 Å². The van der Waals surface area contributed by atoms with Gasteiger partial charge in [-0.3, -0.25) is 10.1 Å². The number of nitrogens with zero attached hydrogens (tertiary/aromatic N) is 1. The van der Waals surface area contributed by atoms with Crippen molar-refractivity contribution in [1.29, 1.82) is 0 Å². The molecule has 0 heterocycles. The molecule has 0 N–H and O–H groups in total. The number of methoxy groups -OCH3 is 1. The lowest BCUT2D eigenvalue weighted by Crippen LogP contribution is -2.22. The van der Waals surface area contributed by atoms with Crippen molar-refractivity contribution < 1.29 is 24.3 Å². The van der Waals surface area contributed by atoms with E-state index in [9.17, 15) is 20.0 Å². The number of nitro groups is 1. The maximum atomic E-state index is 10.8. The van der Waals surface area contributed by atoms with Crippen molar-refractivity contribution in [2.45, 2.75) is 6.61 Å². The lowest BCUT2D eigenvalue weighted by molar-refractivity contribution is -0.400. The van der Waals surface area contributed by atoms with Crippen molar-refractivity contribution in [2.24, 2.45) is 0 Å². The van der Waals surface area contributed by atoms with E-state index >= 15 is 0 Å². The van der Waals surface area contributed by atoms with Crippen LogP contribution in [-0.4, -0.2) is 18.0 Å². The molecule has 0 amide bonds. The van der Waals surface area contributed by atoms with Crippen molar-refractivity contribution in [3.8, 4) is 11.5 Å². The van der Waals surface area contributed by atoms with Crippen LogP contribution in [0.5, 0.6) is 11.5 Å². The zero-order chi connectivity index (χ0) is 17.5. The van der Waals surface area contributed by atoms with E-state index in [1.54, 1.807) is 30.3 Å². The summed E-state index contributed by atoms with van der Waals surface area (Å²) in [5.74, 6) is -0.400. The first-order valence-electron chi connectivity index (χ1n) is 6.92. The second-order valence-electron chi connectivity index (χ2n) is 4.79. The Labute approximate surface area is 137 Å². The van der Waals surface area contributed by atoms with Crippen molar-refractivity contribution >= 4 is 12.0 Å². The minimum atomic E-state index is -1.25. The van der Waals surface area contributed by atoms with Gasteiger partial charge in [0.2, 0.25) is 6.20 Å². The molecule has 0 radical (unpaired) electrons. The molecule has 124 valence electrons. The van der Waals surface area contributed by atoms with E-state index in [4.69, 9.17) is 9.47 Å².